The summed E-state index contributed by atoms with van der Waals surface area (Å²) in [5.41, 5.74) is 3.14. The minimum atomic E-state index is -0.295. The average Bonchev–Trinajstić information content (AvgIpc) is 2.38. The number of carbonyl (C=O) groups excluding carboxylic acids is 1. The highest BCUT2D eigenvalue weighted by Gasteiger charge is 2.13. The molecule has 0 saturated carbocycles. The van der Waals surface area contributed by atoms with Crippen LogP contribution in [0.2, 0.25) is 0 Å². The van der Waals surface area contributed by atoms with Crippen molar-refractivity contribution in [1.29, 1.82) is 0 Å². The lowest BCUT2D eigenvalue weighted by atomic mass is 9.87. The SMILES string of the molecule is Cc1ccnc(NC(=O)Nc2ccc(C(C)(C)C)cc2)c1. The topological polar surface area (TPSA) is 54.0 Å². The van der Waals surface area contributed by atoms with Gasteiger partial charge >= 0.3 is 6.03 Å². The minimum Gasteiger partial charge on any atom is -0.308 e. The first-order valence-corrected chi connectivity index (χ1v) is 6.96. The van der Waals surface area contributed by atoms with Gasteiger partial charge in [-0.25, -0.2) is 9.78 Å². The quantitative estimate of drug-likeness (QED) is 0.861. The second-order valence-electron chi connectivity index (χ2n) is 6.12. The molecule has 2 amide bonds. The Balaban J connectivity index is 2.00. The number of carbonyl (C=O) groups is 1. The van der Waals surface area contributed by atoms with Crippen molar-refractivity contribution in [3.8, 4) is 0 Å². The number of hydrogen-bond donors (Lipinski definition) is 2. The molecule has 1 aromatic carbocycles. The van der Waals surface area contributed by atoms with Gasteiger partial charge in [-0.15, -0.1) is 0 Å². The van der Waals surface area contributed by atoms with E-state index in [0.29, 0.717) is 5.82 Å². The summed E-state index contributed by atoms with van der Waals surface area (Å²) < 4.78 is 0. The van der Waals surface area contributed by atoms with Crippen LogP contribution in [-0.2, 0) is 5.41 Å². The highest BCUT2D eigenvalue weighted by atomic mass is 16.2. The van der Waals surface area contributed by atoms with Gasteiger partial charge in [-0.3, -0.25) is 5.32 Å². The van der Waals surface area contributed by atoms with Crippen LogP contribution >= 0.6 is 0 Å². The first-order chi connectivity index (χ1) is 9.84. The van der Waals surface area contributed by atoms with Gasteiger partial charge in [-0.05, 0) is 47.7 Å². The molecule has 0 aliphatic carbocycles. The number of nitrogens with one attached hydrogen (secondary N) is 2. The molecule has 1 heterocycles. The third-order valence-corrected chi connectivity index (χ3v) is 3.17. The van der Waals surface area contributed by atoms with Crippen molar-refractivity contribution in [3.05, 3.63) is 53.7 Å². The van der Waals surface area contributed by atoms with Crippen LogP contribution < -0.4 is 10.6 Å². The van der Waals surface area contributed by atoms with E-state index in [-0.39, 0.29) is 11.4 Å². The maximum atomic E-state index is 11.9. The Kier molecular flexibility index (Phi) is 4.26. The third kappa shape index (κ3) is 4.31. The van der Waals surface area contributed by atoms with Gasteiger partial charge in [0.05, 0.1) is 0 Å². The lowest BCUT2D eigenvalue weighted by Gasteiger charge is -2.19. The van der Waals surface area contributed by atoms with Gasteiger partial charge in [-0.2, -0.15) is 0 Å². The number of nitrogens with zero attached hydrogens (tertiary/aromatic N) is 1. The number of rotatable bonds is 2. The molecule has 4 heteroatoms. The van der Waals surface area contributed by atoms with E-state index in [1.54, 1.807) is 6.20 Å². The lowest BCUT2D eigenvalue weighted by Crippen LogP contribution is -2.20. The number of aromatic nitrogens is 1. The standard InChI is InChI=1S/C17H21N3O/c1-12-9-10-18-15(11-12)20-16(21)19-14-7-5-13(6-8-14)17(2,3)4/h5-11H,1-4H3,(H2,18,19,20,21). The second-order valence-corrected chi connectivity index (χ2v) is 6.12. The normalized spacial score (nSPS) is 11.0. The Morgan fingerprint density at radius 2 is 1.71 bits per heavy atom. The number of hydrogen-bond acceptors (Lipinski definition) is 2. The van der Waals surface area contributed by atoms with E-state index in [4.69, 9.17) is 0 Å². The fraction of sp³-hybridized carbons (Fsp3) is 0.294. The summed E-state index contributed by atoms with van der Waals surface area (Å²) in [7, 11) is 0. The van der Waals surface area contributed by atoms with E-state index in [1.165, 1.54) is 5.56 Å². The summed E-state index contributed by atoms with van der Waals surface area (Å²) in [4.78, 5) is 16.0. The van der Waals surface area contributed by atoms with Crippen molar-refractivity contribution in [1.82, 2.24) is 4.98 Å². The van der Waals surface area contributed by atoms with Crippen molar-refractivity contribution >= 4 is 17.5 Å². The summed E-state index contributed by atoms with van der Waals surface area (Å²) in [6.07, 6.45) is 1.67. The van der Waals surface area contributed by atoms with Crippen LogP contribution in [0.4, 0.5) is 16.3 Å². The van der Waals surface area contributed by atoms with E-state index >= 15 is 0 Å². The van der Waals surface area contributed by atoms with Gasteiger partial charge in [0.1, 0.15) is 5.82 Å². The molecule has 2 rings (SSSR count). The van der Waals surface area contributed by atoms with Crippen LogP contribution in [0.3, 0.4) is 0 Å². The molecule has 110 valence electrons. The zero-order valence-electron chi connectivity index (χ0n) is 12.9. The number of anilines is 2. The minimum absolute atomic E-state index is 0.103. The highest BCUT2D eigenvalue weighted by Crippen LogP contribution is 2.23. The molecule has 0 aliphatic heterocycles. The number of urea groups is 1. The molecular formula is C17H21N3O. The first-order valence-electron chi connectivity index (χ1n) is 6.96. The van der Waals surface area contributed by atoms with E-state index in [2.05, 4.69) is 36.4 Å². The van der Waals surface area contributed by atoms with E-state index < -0.39 is 0 Å². The third-order valence-electron chi connectivity index (χ3n) is 3.17. The van der Waals surface area contributed by atoms with Gasteiger partial charge in [0.2, 0.25) is 0 Å². The molecule has 0 atom stereocenters. The van der Waals surface area contributed by atoms with Gasteiger partial charge in [0.15, 0.2) is 0 Å². The van der Waals surface area contributed by atoms with E-state index in [9.17, 15) is 4.79 Å². The molecule has 0 unspecified atom stereocenters. The zero-order chi connectivity index (χ0) is 15.5. The van der Waals surface area contributed by atoms with Crippen molar-refractivity contribution in [3.63, 3.8) is 0 Å². The molecule has 21 heavy (non-hydrogen) atoms. The molecule has 0 fully saturated rings. The number of pyridine rings is 1. The summed E-state index contributed by atoms with van der Waals surface area (Å²) in [6.45, 7) is 8.43. The van der Waals surface area contributed by atoms with Gasteiger partial charge in [-0.1, -0.05) is 32.9 Å². The fourth-order valence-corrected chi connectivity index (χ4v) is 1.94. The van der Waals surface area contributed by atoms with Crippen LogP contribution in [0.25, 0.3) is 0 Å². The van der Waals surface area contributed by atoms with Crippen LogP contribution in [0, 0.1) is 6.92 Å². The Labute approximate surface area is 125 Å². The molecule has 2 N–H and O–H groups in total. The summed E-state index contributed by atoms with van der Waals surface area (Å²) in [5, 5.41) is 5.51. The maximum Gasteiger partial charge on any atom is 0.324 e. The van der Waals surface area contributed by atoms with Crippen molar-refractivity contribution in [2.24, 2.45) is 0 Å². The predicted octanol–water partition coefficient (Wildman–Crippen LogP) is 4.33. The van der Waals surface area contributed by atoms with Crippen molar-refractivity contribution in [2.75, 3.05) is 10.6 Å². The Morgan fingerprint density at radius 3 is 2.29 bits per heavy atom. The monoisotopic (exact) mass is 283 g/mol. The van der Waals surface area contributed by atoms with E-state index in [1.807, 2.05) is 43.3 Å². The molecular weight excluding hydrogens is 262 g/mol. The number of amides is 2. The Morgan fingerprint density at radius 1 is 1.05 bits per heavy atom. The summed E-state index contributed by atoms with van der Waals surface area (Å²) in [5.74, 6) is 0.541. The first kappa shape index (κ1) is 15.0. The van der Waals surface area contributed by atoms with Gasteiger partial charge < -0.3 is 5.32 Å². The lowest BCUT2D eigenvalue weighted by molar-refractivity contribution is 0.262. The van der Waals surface area contributed by atoms with Crippen molar-refractivity contribution < 1.29 is 4.79 Å². The maximum absolute atomic E-state index is 11.9. The van der Waals surface area contributed by atoms with Crippen LogP contribution in [-0.4, -0.2) is 11.0 Å². The van der Waals surface area contributed by atoms with Gasteiger partial charge in [0, 0.05) is 11.9 Å². The average molecular weight is 283 g/mol. The van der Waals surface area contributed by atoms with E-state index in [0.717, 1.165) is 11.3 Å². The molecule has 0 radical (unpaired) electrons. The molecule has 1 aromatic heterocycles. The van der Waals surface area contributed by atoms with Crippen LogP contribution in [0.5, 0.6) is 0 Å². The predicted molar refractivity (Wildman–Crippen MR) is 86.8 cm³/mol. The number of aryl methyl sites for hydroxylation is 1. The molecule has 0 bridgehead atoms. The van der Waals surface area contributed by atoms with Crippen LogP contribution in [0.1, 0.15) is 31.9 Å². The molecule has 0 aliphatic rings. The zero-order valence-corrected chi connectivity index (χ0v) is 12.9. The molecule has 2 aromatic rings. The van der Waals surface area contributed by atoms with Gasteiger partial charge in [0.25, 0.3) is 0 Å². The smallest absolute Gasteiger partial charge is 0.308 e. The molecule has 0 spiro atoms. The molecule has 0 saturated heterocycles. The van der Waals surface area contributed by atoms with Crippen molar-refractivity contribution in [2.45, 2.75) is 33.1 Å². The second kappa shape index (κ2) is 5.95. The molecule has 4 nitrogen and oxygen atoms in total. The number of benzene rings is 1. The Bertz CT molecular complexity index is 627. The largest absolute Gasteiger partial charge is 0.324 e. The summed E-state index contributed by atoms with van der Waals surface area (Å²) in [6, 6.07) is 11.3. The summed E-state index contributed by atoms with van der Waals surface area (Å²) >= 11 is 0. The highest BCUT2D eigenvalue weighted by molar-refractivity contribution is 5.99. The fourth-order valence-electron chi connectivity index (χ4n) is 1.94. The van der Waals surface area contributed by atoms with Crippen LogP contribution in [0.15, 0.2) is 42.6 Å². The Hall–Kier alpha value is -2.36.